The van der Waals surface area contributed by atoms with Gasteiger partial charge in [-0.2, -0.15) is 0 Å². The number of furan rings is 1. The van der Waals surface area contributed by atoms with E-state index in [1.165, 1.54) is 12.1 Å². The molecule has 0 atom stereocenters. The summed E-state index contributed by atoms with van der Waals surface area (Å²) in [5, 5.41) is 8.26. The van der Waals surface area contributed by atoms with Crippen molar-refractivity contribution in [1.82, 2.24) is 4.72 Å². The molecule has 14 heavy (non-hydrogen) atoms. The Labute approximate surface area is 81.8 Å². The van der Waals surface area contributed by atoms with E-state index < -0.39 is 10.0 Å². The molecule has 1 rings (SSSR count). The van der Waals surface area contributed by atoms with Crippen molar-refractivity contribution in [2.45, 2.75) is 11.6 Å². The topological polar surface area (TPSA) is 106 Å². The Kier molecular flexibility index (Phi) is 3.64. The van der Waals surface area contributed by atoms with E-state index in [4.69, 9.17) is 15.3 Å². The molecular weight excluding hydrogens is 208 g/mol. The summed E-state index contributed by atoms with van der Waals surface area (Å²) in [6, 6.07) is 2.81. The normalized spacial score (nSPS) is 11.9. The molecule has 7 heteroatoms. The van der Waals surface area contributed by atoms with Gasteiger partial charge in [-0.1, -0.05) is 0 Å². The van der Waals surface area contributed by atoms with Crippen molar-refractivity contribution in [3.8, 4) is 0 Å². The van der Waals surface area contributed by atoms with Crippen molar-refractivity contribution in [3.63, 3.8) is 0 Å². The van der Waals surface area contributed by atoms with Crippen LogP contribution >= 0.6 is 0 Å². The van der Waals surface area contributed by atoms with E-state index >= 15 is 0 Å². The fourth-order valence-electron chi connectivity index (χ4n) is 0.864. The first-order chi connectivity index (χ1) is 6.60. The minimum atomic E-state index is -3.64. The third-order valence-electron chi connectivity index (χ3n) is 1.51. The first-order valence-electron chi connectivity index (χ1n) is 3.99. The van der Waals surface area contributed by atoms with Gasteiger partial charge in [0.2, 0.25) is 5.09 Å². The molecule has 0 aromatic carbocycles. The maximum atomic E-state index is 11.4. The molecule has 0 radical (unpaired) electrons. The van der Waals surface area contributed by atoms with Gasteiger partial charge in [-0.15, -0.1) is 0 Å². The highest BCUT2D eigenvalue weighted by Crippen LogP contribution is 2.12. The molecule has 0 bridgehead atoms. The first kappa shape index (κ1) is 11.2. The minimum absolute atomic E-state index is 0.0407. The Hall–Kier alpha value is -0.890. The molecule has 0 saturated carbocycles. The summed E-state index contributed by atoms with van der Waals surface area (Å²) < 4.78 is 29.8. The molecule has 0 aliphatic rings. The van der Waals surface area contributed by atoms with Crippen LogP contribution in [0.5, 0.6) is 0 Å². The second kappa shape index (κ2) is 4.56. The van der Waals surface area contributed by atoms with Crippen LogP contribution in [0.25, 0.3) is 0 Å². The summed E-state index contributed by atoms with van der Waals surface area (Å²) in [6.45, 7) is -0.153. The van der Waals surface area contributed by atoms with Crippen LogP contribution in [0.1, 0.15) is 5.76 Å². The van der Waals surface area contributed by atoms with Gasteiger partial charge in [-0.3, -0.25) is 0 Å². The number of aliphatic hydroxyl groups excluding tert-OH is 1. The van der Waals surface area contributed by atoms with E-state index in [1.807, 2.05) is 0 Å². The number of nitrogens with one attached hydrogen (secondary N) is 1. The van der Waals surface area contributed by atoms with Crippen molar-refractivity contribution < 1.29 is 17.9 Å². The zero-order valence-corrected chi connectivity index (χ0v) is 8.25. The van der Waals surface area contributed by atoms with Gasteiger partial charge in [0.15, 0.2) is 0 Å². The molecule has 0 aliphatic carbocycles. The summed E-state index contributed by atoms with van der Waals surface area (Å²) in [6.07, 6.45) is 0. The van der Waals surface area contributed by atoms with Gasteiger partial charge in [0, 0.05) is 6.54 Å². The molecule has 6 nitrogen and oxygen atoms in total. The van der Waals surface area contributed by atoms with Crippen LogP contribution in [-0.2, 0) is 16.6 Å². The number of rotatable bonds is 5. The van der Waals surface area contributed by atoms with E-state index in [9.17, 15) is 8.42 Å². The highest BCUT2D eigenvalue weighted by atomic mass is 32.2. The van der Waals surface area contributed by atoms with Crippen LogP contribution in [0.15, 0.2) is 21.6 Å². The molecular formula is C7H12N2O4S. The van der Waals surface area contributed by atoms with Crippen molar-refractivity contribution in [2.24, 2.45) is 5.73 Å². The Morgan fingerprint density at radius 2 is 2.21 bits per heavy atom. The van der Waals surface area contributed by atoms with Crippen LogP contribution in [0.4, 0.5) is 0 Å². The number of sulfonamides is 1. The van der Waals surface area contributed by atoms with Gasteiger partial charge < -0.3 is 15.3 Å². The predicted molar refractivity (Wildman–Crippen MR) is 48.9 cm³/mol. The SMILES string of the molecule is NCc1ccc(S(=O)(=O)NCCO)o1. The van der Waals surface area contributed by atoms with E-state index in [0.717, 1.165) is 0 Å². The smallest absolute Gasteiger partial charge is 0.274 e. The van der Waals surface area contributed by atoms with Gasteiger partial charge in [-0.25, -0.2) is 13.1 Å². The van der Waals surface area contributed by atoms with E-state index in [1.54, 1.807) is 0 Å². The minimum Gasteiger partial charge on any atom is -0.447 e. The number of hydrogen-bond acceptors (Lipinski definition) is 5. The summed E-state index contributed by atoms with van der Waals surface area (Å²) in [4.78, 5) is 0. The molecule has 1 aromatic rings. The molecule has 80 valence electrons. The molecule has 0 amide bonds. The standard InChI is InChI=1S/C7H12N2O4S/c8-5-6-1-2-7(13-6)14(11,12)9-3-4-10/h1-2,9-10H,3-5,8H2. The number of hydrogen-bond donors (Lipinski definition) is 3. The number of nitrogens with two attached hydrogens (primary N) is 1. The average Bonchev–Trinajstić information content (AvgIpc) is 2.63. The number of aliphatic hydroxyl groups is 1. The molecule has 0 unspecified atom stereocenters. The molecule has 0 aliphatic heterocycles. The van der Waals surface area contributed by atoms with Crippen LogP contribution in [0, 0.1) is 0 Å². The van der Waals surface area contributed by atoms with Gasteiger partial charge in [0.05, 0.1) is 13.2 Å². The summed E-state index contributed by atoms with van der Waals surface area (Å²) >= 11 is 0. The summed E-state index contributed by atoms with van der Waals surface area (Å²) in [7, 11) is -3.64. The average molecular weight is 220 g/mol. The van der Waals surface area contributed by atoms with Gasteiger partial charge >= 0.3 is 0 Å². The van der Waals surface area contributed by atoms with Crippen LogP contribution in [0.3, 0.4) is 0 Å². The summed E-state index contributed by atoms with van der Waals surface area (Å²) in [5.41, 5.74) is 5.26. The van der Waals surface area contributed by atoms with Crippen molar-refractivity contribution in [1.29, 1.82) is 0 Å². The molecule has 4 N–H and O–H groups in total. The van der Waals surface area contributed by atoms with Crippen LogP contribution < -0.4 is 10.5 Å². The molecule has 0 spiro atoms. The fourth-order valence-corrected chi connectivity index (χ4v) is 1.83. The van der Waals surface area contributed by atoms with Crippen molar-refractivity contribution >= 4 is 10.0 Å². The second-order valence-electron chi connectivity index (χ2n) is 2.55. The largest absolute Gasteiger partial charge is 0.447 e. The summed E-state index contributed by atoms with van der Waals surface area (Å²) in [5.74, 6) is 0.398. The lowest BCUT2D eigenvalue weighted by Crippen LogP contribution is -2.26. The maximum Gasteiger partial charge on any atom is 0.274 e. The third-order valence-corrected chi connectivity index (χ3v) is 2.84. The zero-order chi connectivity index (χ0) is 10.6. The van der Waals surface area contributed by atoms with Gasteiger partial charge in [0.1, 0.15) is 5.76 Å². The second-order valence-corrected chi connectivity index (χ2v) is 4.24. The molecule has 1 aromatic heterocycles. The Morgan fingerprint density at radius 1 is 1.50 bits per heavy atom. The van der Waals surface area contributed by atoms with Gasteiger partial charge in [0.25, 0.3) is 10.0 Å². The predicted octanol–water partition coefficient (Wildman–Crippen LogP) is -0.991. The molecule has 1 heterocycles. The fraction of sp³-hybridized carbons (Fsp3) is 0.429. The highest BCUT2D eigenvalue weighted by Gasteiger charge is 2.17. The maximum absolute atomic E-state index is 11.4. The monoisotopic (exact) mass is 220 g/mol. The molecule has 0 fully saturated rings. The lowest BCUT2D eigenvalue weighted by atomic mass is 10.5. The zero-order valence-electron chi connectivity index (χ0n) is 7.43. The van der Waals surface area contributed by atoms with E-state index in [2.05, 4.69) is 4.72 Å². The van der Waals surface area contributed by atoms with Crippen molar-refractivity contribution in [2.75, 3.05) is 13.2 Å². The quantitative estimate of drug-likeness (QED) is 0.590. The lowest BCUT2D eigenvalue weighted by molar-refractivity contribution is 0.300. The van der Waals surface area contributed by atoms with Crippen LogP contribution in [0.2, 0.25) is 0 Å². The highest BCUT2D eigenvalue weighted by molar-refractivity contribution is 7.89. The van der Waals surface area contributed by atoms with Crippen molar-refractivity contribution in [3.05, 3.63) is 17.9 Å². The van der Waals surface area contributed by atoms with Crippen LogP contribution in [-0.4, -0.2) is 26.7 Å². The Morgan fingerprint density at radius 3 is 2.71 bits per heavy atom. The molecule has 0 saturated heterocycles. The third kappa shape index (κ3) is 2.55. The lowest BCUT2D eigenvalue weighted by Gasteiger charge is -2.00. The Bertz CT molecular complexity index is 384. The van der Waals surface area contributed by atoms with Gasteiger partial charge in [-0.05, 0) is 12.1 Å². The first-order valence-corrected chi connectivity index (χ1v) is 5.48. The Balaban J connectivity index is 2.81. The van der Waals surface area contributed by atoms with E-state index in [0.29, 0.717) is 5.76 Å². The van der Waals surface area contributed by atoms with E-state index in [-0.39, 0.29) is 24.8 Å².